The molecule has 4 nitrogen and oxygen atoms in total. The Morgan fingerprint density at radius 2 is 0.710 bits per heavy atom. The number of hydrogen-bond acceptors (Lipinski definition) is 3. The van der Waals surface area contributed by atoms with Gasteiger partial charge in [0.15, 0.2) is 0 Å². The van der Waals surface area contributed by atoms with E-state index in [1.165, 1.54) is 109 Å². The topological polar surface area (TPSA) is 69.6 Å². The Hall–Kier alpha value is -2.95. The summed E-state index contributed by atoms with van der Waals surface area (Å²) in [5.74, 6) is -0.0663. The lowest BCUT2D eigenvalue weighted by Gasteiger charge is -2.22. The fraction of sp³-hybridized carbons (Fsp3) is 0.672. The first-order valence-corrected chi connectivity index (χ1v) is 26.1. The second kappa shape index (κ2) is 52.4. The van der Waals surface area contributed by atoms with Gasteiger partial charge in [-0.2, -0.15) is 0 Å². The molecule has 62 heavy (non-hydrogen) atoms. The van der Waals surface area contributed by atoms with Crippen molar-refractivity contribution in [2.24, 2.45) is 0 Å². The number of hydrogen-bond donors (Lipinski definition) is 3. The molecular weight excluding hydrogens is 759 g/mol. The van der Waals surface area contributed by atoms with Crippen molar-refractivity contribution in [2.75, 3.05) is 6.61 Å². The molecule has 0 saturated heterocycles. The summed E-state index contributed by atoms with van der Waals surface area (Å²) >= 11 is 0. The van der Waals surface area contributed by atoms with Crippen LogP contribution in [0.4, 0.5) is 0 Å². The second-order valence-electron chi connectivity index (χ2n) is 17.2. The summed E-state index contributed by atoms with van der Waals surface area (Å²) in [5, 5.41) is 23.3. The number of aliphatic hydroxyl groups is 2. The summed E-state index contributed by atoms with van der Waals surface area (Å²) in [6.45, 7) is 4.23. The van der Waals surface area contributed by atoms with Crippen molar-refractivity contribution in [1.82, 2.24) is 5.32 Å². The molecule has 0 saturated carbocycles. The first-order chi connectivity index (χ1) is 30.7. The first kappa shape index (κ1) is 59.0. The highest BCUT2D eigenvalue weighted by Gasteiger charge is 2.20. The van der Waals surface area contributed by atoms with Crippen molar-refractivity contribution < 1.29 is 15.0 Å². The summed E-state index contributed by atoms with van der Waals surface area (Å²) in [6.07, 6.45) is 79.0. The van der Waals surface area contributed by atoms with Crippen LogP contribution in [-0.2, 0) is 4.79 Å². The molecule has 3 N–H and O–H groups in total. The molecule has 0 aliphatic heterocycles. The van der Waals surface area contributed by atoms with Gasteiger partial charge in [-0.25, -0.2) is 0 Å². The third-order valence-corrected chi connectivity index (χ3v) is 11.3. The number of unbranched alkanes of at least 4 members (excludes halogenated alkanes) is 21. The molecule has 2 unspecified atom stereocenters. The van der Waals surface area contributed by atoms with Gasteiger partial charge in [-0.3, -0.25) is 4.79 Å². The summed E-state index contributed by atoms with van der Waals surface area (Å²) < 4.78 is 0. The lowest BCUT2D eigenvalue weighted by atomic mass is 10.0. The number of carbonyl (C=O) groups excluding carboxylic acids is 1. The molecule has 0 fully saturated rings. The number of amides is 1. The van der Waals surface area contributed by atoms with Gasteiger partial charge in [-0.15, -0.1) is 0 Å². The van der Waals surface area contributed by atoms with Gasteiger partial charge in [0.1, 0.15) is 0 Å². The Morgan fingerprint density at radius 1 is 0.403 bits per heavy atom. The molecule has 0 aliphatic rings. The normalized spacial score (nSPS) is 13.8. The van der Waals surface area contributed by atoms with Crippen molar-refractivity contribution >= 4 is 5.91 Å². The molecule has 0 radical (unpaired) electrons. The molecule has 1 amide bonds. The van der Waals surface area contributed by atoms with Gasteiger partial charge in [-0.05, 0) is 83.5 Å². The summed E-state index contributed by atoms with van der Waals surface area (Å²) in [5.41, 5.74) is 0. The van der Waals surface area contributed by atoms with E-state index in [2.05, 4.69) is 129 Å². The molecule has 4 heteroatoms. The zero-order valence-electron chi connectivity index (χ0n) is 40.6. The fourth-order valence-electron chi connectivity index (χ4n) is 7.35. The van der Waals surface area contributed by atoms with Crippen LogP contribution >= 0.6 is 0 Å². The average molecular weight is 858 g/mol. The van der Waals surface area contributed by atoms with Crippen LogP contribution in [0.5, 0.6) is 0 Å². The number of aliphatic hydroxyl groups excluding tert-OH is 2. The molecule has 0 rings (SSSR count). The average Bonchev–Trinajstić information content (AvgIpc) is 3.28. The zero-order chi connectivity index (χ0) is 44.9. The fourth-order valence-corrected chi connectivity index (χ4v) is 7.35. The van der Waals surface area contributed by atoms with Crippen LogP contribution in [0, 0.1) is 0 Å². The Morgan fingerprint density at radius 3 is 1.05 bits per heavy atom. The molecule has 354 valence electrons. The number of nitrogens with one attached hydrogen (secondary N) is 1. The summed E-state index contributed by atoms with van der Waals surface area (Å²) in [7, 11) is 0. The van der Waals surface area contributed by atoms with Crippen molar-refractivity contribution in [3.63, 3.8) is 0 Å². The smallest absolute Gasteiger partial charge is 0.220 e. The number of carbonyl (C=O) groups is 1. The minimum atomic E-state index is -0.682. The molecule has 0 aromatic rings. The highest BCUT2D eigenvalue weighted by molar-refractivity contribution is 5.76. The van der Waals surface area contributed by atoms with E-state index in [-0.39, 0.29) is 12.5 Å². The third kappa shape index (κ3) is 48.1. The van der Waals surface area contributed by atoms with E-state index in [0.29, 0.717) is 12.8 Å². The van der Waals surface area contributed by atoms with Crippen LogP contribution < -0.4 is 5.32 Å². The van der Waals surface area contributed by atoms with E-state index >= 15 is 0 Å². The van der Waals surface area contributed by atoms with Crippen LogP contribution in [0.15, 0.2) is 109 Å². The third-order valence-electron chi connectivity index (χ3n) is 11.3. The van der Waals surface area contributed by atoms with Gasteiger partial charge < -0.3 is 15.5 Å². The Kier molecular flexibility index (Phi) is 49.9. The van der Waals surface area contributed by atoms with Crippen LogP contribution in [0.25, 0.3) is 0 Å². The van der Waals surface area contributed by atoms with Crippen molar-refractivity contribution in [3.8, 4) is 0 Å². The maximum absolute atomic E-state index is 12.5. The largest absolute Gasteiger partial charge is 0.394 e. The molecule has 0 bridgehead atoms. The maximum Gasteiger partial charge on any atom is 0.220 e. The quantitative estimate of drug-likeness (QED) is 0.0422. The second-order valence-corrected chi connectivity index (χ2v) is 17.2. The van der Waals surface area contributed by atoms with Crippen LogP contribution in [-0.4, -0.2) is 34.9 Å². The Balaban J connectivity index is 3.66. The Labute approximate surface area is 385 Å². The lowest BCUT2D eigenvalue weighted by Crippen LogP contribution is -2.45. The van der Waals surface area contributed by atoms with Crippen molar-refractivity contribution in [2.45, 2.75) is 244 Å². The van der Waals surface area contributed by atoms with Crippen LogP contribution in [0.3, 0.4) is 0 Å². The van der Waals surface area contributed by atoms with E-state index in [1.807, 2.05) is 0 Å². The van der Waals surface area contributed by atoms with Crippen LogP contribution in [0.2, 0.25) is 0 Å². The molecule has 0 aromatic heterocycles. The predicted molar refractivity (Wildman–Crippen MR) is 276 cm³/mol. The van der Waals surface area contributed by atoms with Crippen molar-refractivity contribution in [3.05, 3.63) is 109 Å². The number of allylic oxidation sites excluding steroid dienone is 18. The molecule has 0 spiro atoms. The minimum Gasteiger partial charge on any atom is -0.394 e. The summed E-state index contributed by atoms with van der Waals surface area (Å²) in [4.78, 5) is 12.5. The van der Waals surface area contributed by atoms with Crippen LogP contribution in [0.1, 0.15) is 232 Å². The maximum atomic E-state index is 12.5. The predicted octanol–water partition coefficient (Wildman–Crippen LogP) is 17.1. The van der Waals surface area contributed by atoms with E-state index in [4.69, 9.17) is 0 Å². The number of rotatable bonds is 46. The SMILES string of the molecule is CC/C=C\C/C=C\C/C=C\C/C=C\C/C=C\C/C=C\C/C=C\C/C=C\C/C=C\CCCCCC(=O)NC(CO)C(O)CCCCCCCCCCCCCCCCCCCCC. The molecule has 0 heterocycles. The molecule has 0 aromatic carbocycles. The van der Waals surface area contributed by atoms with Gasteiger partial charge in [0, 0.05) is 6.42 Å². The monoisotopic (exact) mass is 858 g/mol. The highest BCUT2D eigenvalue weighted by Crippen LogP contribution is 2.16. The summed E-state index contributed by atoms with van der Waals surface area (Å²) in [6, 6.07) is -0.563. The van der Waals surface area contributed by atoms with Gasteiger partial charge in [-0.1, -0.05) is 252 Å². The minimum absolute atomic E-state index is 0.0663. The lowest BCUT2D eigenvalue weighted by molar-refractivity contribution is -0.123. The zero-order valence-corrected chi connectivity index (χ0v) is 40.6. The molecule has 0 aliphatic carbocycles. The van der Waals surface area contributed by atoms with E-state index in [1.54, 1.807) is 0 Å². The standard InChI is InChI=1S/C58H99NO3/c1-3-5-7-9-11-13-15-17-19-21-23-24-25-26-27-28-29-30-31-32-33-34-36-38-40-42-44-46-48-50-52-54-58(62)59-56(55-60)57(61)53-51-49-47-45-43-41-39-37-35-22-20-18-16-14-12-10-8-6-4-2/h5,7,11,13,17,19,23-24,26-27,29-30,32-33,36,38,42,44,56-57,60-61H,3-4,6,8-10,12,14-16,18,20-22,25,28,31,34-35,37,39-41,43,45-55H2,1-2H3,(H,59,62)/b7-5-,13-11-,19-17-,24-23-,27-26-,30-29-,33-32-,38-36-,44-42-. The van der Waals surface area contributed by atoms with Gasteiger partial charge >= 0.3 is 0 Å². The Bertz CT molecular complexity index is 1200. The first-order valence-electron chi connectivity index (χ1n) is 26.1. The molecular formula is C58H99NO3. The van der Waals surface area contributed by atoms with E-state index < -0.39 is 12.1 Å². The van der Waals surface area contributed by atoms with E-state index in [9.17, 15) is 15.0 Å². The van der Waals surface area contributed by atoms with Crippen molar-refractivity contribution in [1.29, 1.82) is 0 Å². The van der Waals surface area contributed by atoms with Gasteiger partial charge in [0.05, 0.1) is 18.8 Å². The molecule has 2 atom stereocenters. The van der Waals surface area contributed by atoms with E-state index in [0.717, 1.165) is 96.3 Å². The van der Waals surface area contributed by atoms with Gasteiger partial charge in [0.2, 0.25) is 5.91 Å². The highest BCUT2D eigenvalue weighted by atomic mass is 16.3. The van der Waals surface area contributed by atoms with Gasteiger partial charge in [0.25, 0.3) is 0 Å².